The van der Waals surface area contributed by atoms with Gasteiger partial charge in [0.1, 0.15) is 6.61 Å². The fourth-order valence-electron chi connectivity index (χ4n) is 16.4. The van der Waals surface area contributed by atoms with Crippen LogP contribution in [-0.2, 0) is 36.5 Å². The molecule has 732 valence electrons. The Morgan fingerprint density at radius 2 is 0.695 bits per heavy atom. The van der Waals surface area contributed by atoms with Crippen LogP contribution in [-0.4, -0.2) is 260 Å². The number of benzene rings is 1. The molecule has 9 heterocycles. The second kappa shape index (κ2) is 51.2. The van der Waals surface area contributed by atoms with Crippen LogP contribution in [0, 0.1) is 70.0 Å². The van der Waals surface area contributed by atoms with Crippen molar-refractivity contribution in [3.8, 4) is 0 Å². The first-order valence-corrected chi connectivity index (χ1v) is 48.9. The molecule has 4 amide bonds. The molecule has 0 atom stereocenters. The summed E-state index contributed by atoms with van der Waals surface area (Å²) in [5, 5.41) is 0. The van der Waals surface area contributed by atoms with Gasteiger partial charge >= 0.3 is 48.8 Å². The predicted molar refractivity (Wildman–Crippen MR) is 481 cm³/mol. The van der Waals surface area contributed by atoms with Gasteiger partial charge < -0.3 is 43.6 Å². The molecule has 6 saturated heterocycles. The number of Topliss-reactive ketones (excluding diaryl/α,β-unsaturated/α-hetero) is 1. The van der Waals surface area contributed by atoms with E-state index < -0.39 is 62.7 Å². The summed E-state index contributed by atoms with van der Waals surface area (Å²) in [5.41, 5.74) is 1.92. The maximum Gasteiger partial charge on any atom is 0.460 e. The number of alkyl halides is 15. The Morgan fingerprint density at radius 1 is 0.367 bits per heavy atom. The molecule has 0 unspecified atom stereocenters. The van der Waals surface area contributed by atoms with E-state index in [1.54, 1.807) is 27.5 Å². The van der Waals surface area contributed by atoms with Crippen molar-refractivity contribution in [2.75, 3.05) is 164 Å². The van der Waals surface area contributed by atoms with Crippen LogP contribution in [0.3, 0.4) is 0 Å². The Hall–Kier alpha value is -4.78. The summed E-state index contributed by atoms with van der Waals surface area (Å²) in [6.07, 6.45) is 16.9. The van der Waals surface area contributed by atoms with Crippen LogP contribution < -0.4 is 0 Å². The molecule has 0 bridgehead atoms. The molecule has 16 rings (SSSR count). The van der Waals surface area contributed by atoms with Crippen LogP contribution in [0.5, 0.6) is 0 Å². The fourth-order valence-corrected chi connectivity index (χ4v) is 16.6. The average molecular weight is 1890 g/mol. The molecule has 0 N–H and O–H groups in total. The minimum absolute atomic E-state index is 0.0937. The van der Waals surface area contributed by atoms with Gasteiger partial charge in [-0.2, -0.15) is 52.7 Å². The third kappa shape index (κ3) is 41.6. The highest BCUT2D eigenvalue weighted by atomic mass is 35.6. The summed E-state index contributed by atoms with van der Waals surface area (Å²) in [7, 11) is 0. The second-order valence-electron chi connectivity index (χ2n) is 40.2. The van der Waals surface area contributed by atoms with E-state index in [0.717, 1.165) is 170 Å². The average Bonchev–Trinajstić information content (AvgIpc) is 1.61. The van der Waals surface area contributed by atoms with E-state index in [1.165, 1.54) is 146 Å². The molecule has 15 aliphatic rings. The summed E-state index contributed by atoms with van der Waals surface area (Å²) in [4.78, 5) is 74.0. The molecule has 6 saturated carbocycles. The van der Waals surface area contributed by atoms with Crippen LogP contribution in [0.4, 0.5) is 67.1 Å². The van der Waals surface area contributed by atoms with Crippen molar-refractivity contribution in [1.82, 2.24) is 44.1 Å². The lowest BCUT2D eigenvalue weighted by molar-refractivity contribution is -0.192. The zero-order chi connectivity index (χ0) is 93.8. The first kappa shape index (κ1) is 109. The number of carbonyl (C=O) groups is 5. The van der Waals surface area contributed by atoms with Crippen LogP contribution in [0.25, 0.3) is 0 Å². The van der Waals surface area contributed by atoms with E-state index in [0.29, 0.717) is 87.9 Å². The Balaban J connectivity index is 0.000000178. The van der Waals surface area contributed by atoms with Crippen molar-refractivity contribution >= 4 is 64.8 Å². The molecule has 1 aromatic rings. The highest BCUT2D eigenvalue weighted by molar-refractivity contribution is 6.67. The van der Waals surface area contributed by atoms with E-state index in [2.05, 4.69) is 75.3 Å². The van der Waals surface area contributed by atoms with E-state index in [4.69, 9.17) is 49.0 Å². The molecule has 9 aliphatic heterocycles. The van der Waals surface area contributed by atoms with Crippen molar-refractivity contribution in [2.24, 2.45) is 70.0 Å². The molecule has 0 radical (unpaired) electrons. The first-order valence-electron chi connectivity index (χ1n) is 47.8. The van der Waals surface area contributed by atoms with Gasteiger partial charge in [0.2, 0.25) is 3.79 Å². The summed E-state index contributed by atoms with van der Waals surface area (Å²) in [6.45, 7) is 40.3. The Kier molecular flexibility index (Phi) is 43.4. The summed E-state index contributed by atoms with van der Waals surface area (Å²) >= 11 is 16.4. The van der Waals surface area contributed by atoms with Crippen molar-refractivity contribution in [3.63, 3.8) is 0 Å². The fraction of sp³-hybridized carbons (Fsp3) is 0.823. The number of piperidine rings is 6. The Morgan fingerprint density at radius 3 is 1.03 bits per heavy atom. The normalized spacial score (nSPS) is 23.3. The van der Waals surface area contributed by atoms with Gasteiger partial charge in [-0.1, -0.05) is 123 Å². The number of likely N-dealkylation sites (tertiary alicyclic amines) is 6. The number of amides is 4. The maximum absolute atomic E-state index is 12.7. The largest absolute Gasteiger partial charge is 0.460 e. The summed E-state index contributed by atoms with van der Waals surface area (Å²) in [5.74, 6) is 4.06. The number of nitrogens with zero attached hydrogens (tertiary/aromatic N) is 9. The molecule has 17 nitrogen and oxygen atoms in total. The third-order valence-electron chi connectivity index (χ3n) is 27.7. The van der Waals surface area contributed by atoms with Crippen LogP contribution >= 0.6 is 34.8 Å². The van der Waals surface area contributed by atoms with Gasteiger partial charge in [-0.25, -0.2) is 14.4 Å². The van der Waals surface area contributed by atoms with Crippen LogP contribution in [0.2, 0.25) is 0 Å². The predicted octanol–water partition coefficient (Wildman–Crippen LogP) is 23.2. The molecular formula is C96H150Cl3F12N9O8. The molecular weight excluding hydrogens is 1740 g/mol. The minimum atomic E-state index is -5.06. The zero-order valence-corrected chi connectivity index (χ0v) is 80.0. The molecule has 128 heavy (non-hydrogen) atoms. The van der Waals surface area contributed by atoms with Crippen LogP contribution in [0.15, 0.2) is 59.2 Å². The topological polar surface area (TPSA) is 142 Å². The lowest BCUT2D eigenvalue weighted by Crippen LogP contribution is -2.46. The smallest absolute Gasteiger partial charge is 0.449 e. The standard InChI is InChI=1S/C14H18F3N.C11H18F3N.C11H16F3N.C11H19NO2.C11H17NO2.C10H19N.C10H17N.C9H14Cl3NO2.C9H12F3NO2/c1-11-6-8-18(9-7-11)10-12-2-4-13(5-3-12)14(15,16)17;2*1-9-2-6-15(7-3-9)8-10(4-5-10)11(12,13)14;2*1-9-4-6-12(7-5-9)11(13)14-8-10-2-3-10;2*1-9-4-6-11(7-5-9)8-10-2-3-10;1-7-2-4-13(5-3-7)8(14)15-6-9(10,11)12;1-6-2-4-13(5-3-6)8(15)7(14)9(10,11)12/h2-5,11H,6-10H2,1H3;9H,2-8H2,1H3;2H,3-8H2,1H3;9-10H,2-8H2,1H3;4,10H,2-3,5-8H2,1H3;9-10H,2-8H2,1H3;4,10H,2-3,5-8H2,1H3;7H,2-6H2,1H3;6H,2-5H2,1H3. The van der Waals surface area contributed by atoms with E-state index in [1.807, 2.05) is 34.6 Å². The highest BCUT2D eigenvalue weighted by Gasteiger charge is 2.64. The van der Waals surface area contributed by atoms with E-state index >= 15 is 0 Å². The highest BCUT2D eigenvalue weighted by Crippen LogP contribution is 2.59. The van der Waals surface area contributed by atoms with Gasteiger partial charge in [0, 0.05) is 111 Å². The molecule has 1 aromatic carbocycles. The quantitative estimate of drug-likeness (QED) is 0.0510. The Bertz CT molecular complexity index is 3590. The monoisotopic (exact) mass is 1890 g/mol. The third-order valence-corrected chi connectivity index (χ3v) is 28.0. The SMILES string of the molecule is CC1=CCN(C(=O)OCC2CC2)CC1.CC1=CCN(CC2(C(F)(F)F)CC2)CC1.CC1=CCN(CC2CC2)CC1.CC1CCN(C(=O)C(=O)C(F)(F)F)CC1.CC1CCN(C(=O)OCC(Cl)(Cl)Cl)CC1.CC1CCN(C(=O)OCC2CC2)CC1.CC1CCN(CC2(C(F)(F)F)CC2)CC1.CC1CCN(CC2CC2)CC1.CC1CCN(Cc2ccc(C(F)(F)F)cc2)CC1. The van der Waals surface area contributed by atoms with Gasteiger partial charge in [-0.05, 0) is 310 Å². The van der Waals surface area contributed by atoms with Gasteiger partial charge in [-0.3, -0.25) is 24.3 Å². The van der Waals surface area contributed by atoms with Crippen molar-refractivity contribution in [3.05, 3.63) is 70.3 Å². The lowest BCUT2D eigenvalue weighted by Gasteiger charge is -2.33. The van der Waals surface area contributed by atoms with Crippen LogP contribution in [0.1, 0.15) is 247 Å². The number of hydrogen-bond acceptors (Lipinski definition) is 13. The van der Waals surface area contributed by atoms with Crippen molar-refractivity contribution in [1.29, 1.82) is 0 Å². The molecule has 32 heteroatoms. The Labute approximate surface area is 770 Å². The van der Waals surface area contributed by atoms with Gasteiger partial charge in [0.15, 0.2) is 0 Å². The van der Waals surface area contributed by atoms with E-state index in [-0.39, 0.29) is 45.0 Å². The molecule has 12 fully saturated rings. The summed E-state index contributed by atoms with van der Waals surface area (Å²) in [6, 6.07) is 5.51. The maximum atomic E-state index is 12.7. The number of hydrogen-bond donors (Lipinski definition) is 0. The molecule has 0 spiro atoms. The van der Waals surface area contributed by atoms with Gasteiger partial charge in [0.05, 0.1) is 29.6 Å². The number of carbonyl (C=O) groups excluding carboxylic acids is 5. The number of rotatable bonds is 16. The number of ketones is 1. The molecule has 0 aromatic heterocycles. The van der Waals surface area contributed by atoms with Crippen molar-refractivity contribution in [2.45, 2.75) is 271 Å². The summed E-state index contributed by atoms with van der Waals surface area (Å²) < 4.78 is 163. The van der Waals surface area contributed by atoms with Gasteiger partial charge in [0.25, 0.3) is 5.91 Å². The van der Waals surface area contributed by atoms with E-state index in [9.17, 15) is 76.7 Å². The first-order chi connectivity index (χ1) is 60.2. The zero-order valence-electron chi connectivity index (χ0n) is 77.8. The van der Waals surface area contributed by atoms with Gasteiger partial charge in [-0.15, -0.1) is 0 Å². The lowest BCUT2D eigenvalue weighted by atomic mass is 9.97. The minimum Gasteiger partial charge on any atom is -0.449 e. The number of ether oxygens (including phenoxy) is 3. The van der Waals surface area contributed by atoms with Crippen molar-refractivity contribution < 1.29 is 90.9 Å². The number of halogens is 15. The molecule has 6 aliphatic carbocycles. The second-order valence-corrected chi connectivity index (χ2v) is 42.7.